The van der Waals surface area contributed by atoms with Gasteiger partial charge in [-0.05, 0) is 55.2 Å². The number of carbonyl (C=O) groups excluding carboxylic acids is 1. The molecule has 2 heterocycles. The molecule has 0 saturated carbocycles. The Balaban J connectivity index is 1.60. The Morgan fingerprint density at radius 2 is 1.82 bits per heavy atom. The number of aryl methyl sites for hydroxylation is 2. The first kappa shape index (κ1) is 22.9. The van der Waals surface area contributed by atoms with Crippen molar-refractivity contribution in [3.63, 3.8) is 0 Å². The second-order valence-electron chi connectivity index (χ2n) is 7.93. The number of rotatable bonds is 7. The normalized spacial score (nSPS) is 12.2. The molecule has 0 fully saturated rings. The summed E-state index contributed by atoms with van der Waals surface area (Å²) < 4.78 is 29.1. The van der Waals surface area contributed by atoms with Crippen molar-refractivity contribution in [2.24, 2.45) is 0 Å². The number of halogens is 2. The lowest BCUT2D eigenvalue weighted by Crippen LogP contribution is -2.27. The number of amides is 1. The maximum Gasteiger partial charge on any atom is 0.247 e. The maximum absolute atomic E-state index is 14.4. The fourth-order valence-corrected chi connectivity index (χ4v) is 4.40. The van der Waals surface area contributed by atoms with Gasteiger partial charge in [-0.2, -0.15) is 0 Å². The quantitative estimate of drug-likeness (QED) is 0.331. The molecule has 2 aromatic rings. The lowest BCUT2D eigenvalue weighted by molar-refractivity contribution is -0.119. The Bertz CT molecular complexity index is 1260. The highest BCUT2D eigenvalue weighted by atomic mass is 32.2. The number of hydrogen-bond acceptors (Lipinski definition) is 4. The van der Waals surface area contributed by atoms with Crippen molar-refractivity contribution in [3.8, 4) is 11.5 Å². The van der Waals surface area contributed by atoms with Crippen molar-refractivity contribution < 1.29 is 13.6 Å². The van der Waals surface area contributed by atoms with Gasteiger partial charge in [0.25, 0.3) is 0 Å². The Labute approximate surface area is 195 Å². The van der Waals surface area contributed by atoms with E-state index in [0.717, 1.165) is 22.4 Å². The van der Waals surface area contributed by atoms with E-state index in [-0.39, 0.29) is 11.7 Å². The minimum Gasteiger partial charge on any atom is -0.324 e. The molecule has 33 heavy (non-hydrogen) atoms. The first-order valence-electron chi connectivity index (χ1n) is 10.6. The van der Waals surface area contributed by atoms with Gasteiger partial charge in [-0.1, -0.05) is 43.0 Å². The number of thioether (sulfide) groups is 1. The summed E-state index contributed by atoms with van der Waals surface area (Å²) >= 11 is 1.37. The van der Waals surface area contributed by atoms with Gasteiger partial charge < -0.3 is 9.88 Å². The lowest BCUT2D eigenvalue weighted by atomic mass is 10.1. The Morgan fingerprint density at radius 3 is 2.55 bits per heavy atom. The van der Waals surface area contributed by atoms with Crippen LogP contribution in [0.1, 0.15) is 36.1 Å². The monoisotopic (exact) mass is 466 g/mol. The van der Waals surface area contributed by atoms with Gasteiger partial charge in [-0.15, -0.1) is 0 Å². The average molecular weight is 467 g/mol. The number of aromatic nitrogens is 3. The molecule has 2 aliphatic rings. The second-order valence-corrected chi connectivity index (χ2v) is 8.87. The van der Waals surface area contributed by atoms with Gasteiger partial charge in [0.1, 0.15) is 23.4 Å². The molecule has 1 amide bonds. The van der Waals surface area contributed by atoms with Crippen LogP contribution in [0.15, 0.2) is 59.9 Å². The van der Waals surface area contributed by atoms with Crippen LogP contribution in [0.3, 0.4) is 0 Å². The van der Waals surface area contributed by atoms with E-state index in [9.17, 15) is 13.6 Å². The number of imidazole rings is 1. The first-order chi connectivity index (χ1) is 15.8. The van der Waals surface area contributed by atoms with Crippen LogP contribution in [0.5, 0.6) is 0 Å². The maximum atomic E-state index is 14.4. The molecule has 4 rings (SSSR count). The number of nitrogens with one attached hydrogen (secondary N) is 1. The Morgan fingerprint density at radius 1 is 1.06 bits per heavy atom. The predicted octanol–water partition coefficient (Wildman–Crippen LogP) is 6.16. The summed E-state index contributed by atoms with van der Waals surface area (Å²) in [6.07, 6.45) is 1.74. The van der Waals surface area contributed by atoms with Crippen molar-refractivity contribution >= 4 is 23.4 Å². The summed E-state index contributed by atoms with van der Waals surface area (Å²) in [7, 11) is 0. The molecule has 1 N–H and O–H groups in total. The average Bonchev–Trinajstić information content (AvgIpc) is 3.19. The molecular weight excluding hydrogens is 442 g/mol. The van der Waals surface area contributed by atoms with Crippen LogP contribution in [-0.2, 0) is 10.5 Å². The molecule has 0 saturated heterocycles. The van der Waals surface area contributed by atoms with Gasteiger partial charge in [0.15, 0.2) is 11.0 Å². The fraction of sp³-hybridized carbons (Fsp3) is 0.240. The third-order valence-corrected chi connectivity index (χ3v) is 6.30. The topological polar surface area (TPSA) is 59.8 Å². The highest BCUT2D eigenvalue weighted by Crippen LogP contribution is 2.31. The molecule has 2 aromatic carbocycles. The summed E-state index contributed by atoms with van der Waals surface area (Å²) in [6.45, 7) is 5.76. The third kappa shape index (κ3) is 5.22. The zero-order chi connectivity index (χ0) is 23.5. The largest absolute Gasteiger partial charge is 0.324 e. The van der Waals surface area contributed by atoms with Crippen molar-refractivity contribution in [2.75, 3.05) is 5.32 Å². The van der Waals surface area contributed by atoms with Crippen LogP contribution >= 0.6 is 11.8 Å². The first-order valence-corrected chi connectivity index (χ1v) is 11.6. The van der Waals surface area contributed by atoms with E-state index in [1.807, 2.05) is 39.0 Å². The van der Waals surface area contributed by atoms with Gasteiger partial charge >= 0.3 is 0 Å². The predicted molar refractivity (Wildman–Crippen MR) is 126 cm³/mol. The van der Waals surface area contributed by atoms with Crippen LogP contribution in [0.25, 0.3) is 11.5 Å². The van der Waals surface area contributed by atoms with E-state index >= 15 is 0 Å². The summed E-state index contributed by atoms with van der Waals surface area (Å²) in [6, 6.07) is 12.7. The van der Waals surface area contributed by atoms with Gasteiger partial charge in [0, 0.05) is 23.7 Å². The van der Waals surface area contributed by atoms with Crippen molar-refractivity contribution in [1.82, 2.24) is 14.5 Å². The van der Waals surface area contributed by atoms with Gasteiger partial charge in [0.05, 0.1) is 0 Å². The van der Waals surface area contributed by atoms with Crippen LogP contribution in [-0.4, -0.2) is 20.4 Å². The standard InChI is InChI=1S/C25H24F2N4OS/c1-4-22(24(32)28-20-11-15(2)5-6-16(20)3)31-13-19(27)12-21-23(31)30-25(29-21)33-14-17-7-9-18(26)10-8-17/h5-13,22H,4,14H2,1-3H3,(H,28,32). The molecule has 2 aliphatic heterocycles. The molecule has 1 atom stereocenters. The van der Waals surface area contributed by atoms with Crippen LogP contribution in [0.2, 0.25) is 0 Å². The SMILES string of the molecule is CCC(C(=O)Nc1cc(C)ccc1C)n1cc(F)cc2nc(SCc3ccc(F)cc3)nc1-2. The molecule has 0 radical (unpaired) electrons. The van der Waals surface area contributed by atoms with Crippen LogP contribution in [0.4, 0.5) is 14.5 Å². The van der Waals surface area contributed by atoms with Crippen LogP contribution < -0.4 is 5.32 Å². The minimum atomic E-state index is -0.658. The Hall–Kier alpha value is -3.26. The smallest absolute Gasteiger partial charge is 0.247 e. The number of hydrogen-bond donors (Lipinski definition) is 1. The van der Waals surface area contributed by atoms with E-state index < -0.39 is 11.9 Å². The van der Waals surface area contributed by atoms with Crippen molar-refractivity contribution in [1.29, 1.82) is 0 Å². The van der Waals surface area contributed by atoms with Crippen molar-refractivity contribution in [3.05, 3.63) is 83.1 Å². The van der Waals surface area contributed by atoms with Gasteiger partial charge in [-0.3, -0.25) is 4.79 Å². The highest BCUT2D eigenvalue weighted by Gasteiger charge is 2.26. The van der Waals surface area contributed by atoms with E-state index in [4.69, 9.17) is 0 Å². The highest BCUT2D eigenvalue weighted by molar-refractivity contribution is 7.98. The molecule has 170 valence electrons. The molecular formula is C25H24F2N4OS. The van der Waals surface area contributed by atoms with E-state index in [0.29, 0.717) is 28.8 Å². The number of anilines is 1. The molecule has 0 bridgehead atoms. The van der Waals surface area contributed by atoms with E-state index in [2.05, 4.69) is 15.3 Å². The molecule has 0 aliphatic carbocycles. The van der Waals surface area contributed by atoms with Gasteiger partial charge in [-0.25, -0.2) is 18.7 Å². The summed E-state index contributed by atoms with van der Waals surface area (Å²) in [5, 5.41) is 3.45. The van der Waals surface area contributed by atoms with Crippen molar-refractivity contribution in [2.45, 2.75) is 44.1 Å². The molecule has 8 heteroatoms. The molecule has 0 aromatic heterocycles. The number of nitrogens with zero attached hydrogens (tertiary/aromatic N) is 3. The third-order valence-electron chi connectivity index (χ3n) is 5.39. The summed E-state index contributed by atoms with van der Waals surface area (Å²) in [5.74, 6) is -0.0352. The molecule has 0 spiro atoms. The Kier molecular flexibility index (Phi) is 6.74. The summed E-state index contributed by atoms with van der Waals surface area (Å²) in [4.78, 5) is 22.2. The number of pyridine rings is 1. The lowest BCUT2D eigenvalue weighted by Gasteiger charge is -2.21. The fourth-order valence-electron chi connectivity index (χ4n) is 3.60. The van der Waals surface area contributed by atoms with E-state index in [1.54, 1.807) is 16.7 Å². The minimum absolute atomic E-state index is 0.244. The van der Waals surface area contributed by atoms with Gasteiger partial charge in [0.2, 0.25) is 5.91 Å². The number of carbonyl (C=O) groups is 1. The van der Waals surface area contributed by atoms with E-state index in [1.165, 1.54) is 36.2 Å². The zero-order valence-corrected chi connectivity index (χ0v) is 19.4. The second kappa shape index (κ2) is 9.70. The summed E-state index contributed by atoms with van der Waals surface area (Å²) in [5.41, 5.74) is 4.03. The molecule has 5 nitrogen and oxygen atoms in total. The van der Waals surface area contributed by atoms with Crippen LogP contribution in [0, 0.1) is 25.5 Å². The molecule has 1 unspecified atom stereocenters. The zero-order valence-electron chi connectivity index (χ0n) is 18.6. The number of fused-ring (bicyclic) bond motifs is 1. The number of benzene rings is 2.